The second-order valence-corrected chi connectivity index (χ2v) is 3.37. The first-order valence-corrected chi connectivity index (χ1v) is 5.91. The molecule has 13 heavy (non-hydrogen) atoms. The van der Waals surface area contributed by atoms with Crippen molar-refractivity contribution in [3.63, 3.8) is 0 Å². The molecule has 0 heterocycles. The molecule has 0 aromatic carbocycles. The van der Waals surface area contributed by atoms with Crippen molar-refractivity contribution in [1.82, 2.24) is 0 Å². The van der Waals surface area contributed by atoms with Gasteiger partial charge in [0.1, 0.15) is 0 Å². The maximum Gasteiger partial charge on any atom is -0.0295 e. The first-order valence-electron chi connectivity index (χ1n) is 5.91. The van der Waals surface area contributed by atoms with Gasteiger partial charge in [-0.1, -0.05) is 66.0 Å². The Bertz CT molecular complexity index is 103. The van der Waals surface area contributed by atoms with E-state index >= 15 is 0 Å². The molecule has 0 aliphatic heterocycles. The zero-order valence-electron chi connectivity index (χ0n) is 10.3. The predicted molar refractivity (Wildman–Crippen MR) is 64.1 cm³/mol. The second-order valence-electron chi connectivity index (χ2n) is 3.37. The van der Waals surface area contributed by atoms with Gasteiger partial charge in [-0.2, -0.15) is 0 Å². The van der Waals surface area contributed by atoms with E-state index in [9.17, 15) is 0 Å². The van der Waals surface area contributed by atoms with Crippen molar-refractivity contribution in [3.8, 4) is 0 Å². The van der Waals surface area contributed by atoms with E-state index in [1.807, 2.05) is 13.8 Å². The van der Waals surface area contributed by atoms with Crippen molar-refractivity contribution in [2.24, 2.45) is 5.92 Å². The van der Waals surface area contributed by atoms with Gasteiger partial charge in [0.05, 0.1) is 0 Å². The Hall–Kier alpha value is -0.260. The van der Waals surface area contributed by atoms with E-state index in [2.05, 4.69) is 27.4 Å². The lowest BCUT2D eigenvalue weighted by Crippen LogP contribution is -1.99. The Kier molecular flexibility index (Phi) is 13.7. The summed E-state index contributed by atoms with van der Waals surface area (Å²) in [6.07, 6.45) is 6.40. The normalized spacial score (nSPS) is 11.5. The van der Waals surface area contributed by atoms with Crippen LogP contribution in [0, 0.1) is 5.92 Å². The minimum absolute atomic E-state index is 0.896. The fourth-order valence-corrected chi connectivity index (χ4v) is 1.41. The molecule has 1 atom stereocenters. The lowest BCUT2D eigenvalue weighted by atomic mass is 9.92. The molecule has 80 valence electrons. The molecular weight excluding hydrogens is 156 g/mol. The zero-order chi connectivity index (χ0) is 10.7. The Labute approximate surface area is 85.4 Å². The maximum absolute atomic E-state index is 4.04. The fraction of sp³-hybridized carbons (Fsp3) is 0.846. The summed E-state index contributed by atoms with van der Waals surface area (Å²) in [6, 6.07) is 0. The average Bonchev–Trinajstić information content (AvgIpc) is 2.20. The lowest BCUT2D eigenvalue weighted by molar-refractivity contribution is 0.457. The van der Waals surface area contributed by atoms with E-state index in [4.69, 9.17) is 0 Å². The third-order valence-corrected chi connectivity index (χ3v) is 2.35. The van der Waals surface area contributed by atoms with Crippen molar-refractivity contribution in [2.45, 2.75) is 66.7 Å². The van der Waals surface area contributed by atoms with Crippen molar-refractivity contribution >= 4 is 0 Å². The summed E-state index contributed by atoms with van der Waals surface area (Å²) in [6.45, 7) is 14.8. The standard InChI is InChI=1S/C11H22.C2H6/c1-5-8-11(7-3)9-10(4)6-2;1-2/h11H,4-9H2,1-3H3;1-2H3. The van der Waals surface area contributed by atoms with Gasteiger partial charge < -0.3 is 0 Å². The van der Waals surface area contributed by atoms with Crippen LogP contribution in [0.4, 0.5) is 0 Å². The zero-order valence-corrected chi connectivity index (χ0v) is 10.3. The Balaban J connectivity index is 0. The summed E-state index contributed by atoms with van der Waals surface area (Å²) in [5.41, 5.74) is 1.42. The maximum atomic E-state index is 4.04. The van der Waals surface area contributed by atoms with Crippen LogP contribution in [0.2, 0.25) is 0 Å². The van der Waals surface area contributed by atoms with Crippen LogP contribution in [-0.4, -0.2) is 0 Å². The first kappa shape index (κ1) is 15.2. The average molecular weight is 184 g/mol. The Morgan fingerprint density at radius 3 is 2.00 bits per heavy atom. The largest absolute Gasteiger partial charge is 0.0999 e. The third-order valence-electron chi connectivity index (χ3n) is 2.35. The minimum Gasteiger partial charge on any atom is -0.0999 e. The molecule has 0 nitrogen and oxygen atoms in total. The van der Waals surface area contributed by atoms with Gasteiger partial charge in [0.25, 0.3) is 0 Å². The van der Waals surface area contributed by atoms with Crippen LogP contribution >= 0.6 is 0 Å². The fourth-order valence-electron chi connectivity index (χ4n) is 1.41. The van der Waals surface area contributed by atoms with Crippen molar-refractivity contribution in [2.75, 3.05) is 0 Å². The summed E-state index contributed by atoms with van der Waals surface area (Å²) in [5.74, 6) is 0.896. The van der Waals surface area contributed by atoms with Gasteiger partial charge in [-0.25, -0.2) is 0 Å². The highest BCUT2D eigenvalue weighted by Crippen LogP contribution is 2.20. The Morgan fingerprint density at radius 1 is 1.15 bits per heavy atom. The van der Waals surface area contributed by atoms with E-state index in [-0.39, 0.29) is 0 Å². The molecule has 0 fully saturated rings. The van der Waals surface area contributed by atoms with Crippen molar-refractivity contribution < 1.29 is 0 Å². The minimum atomic E-state index is 0.896. The molecule has 0 saturated heterocycles. The monoisotopic (exact) mass is 184 g/mol. The van der Waals surface area contributed by atoms with Gasteiger partial charge in [0.2, 0.25) is 0 Å². The molecular formula is C13H28. The number of allylic oxidation sites excluding steroid dienone is 1. The lowest BCUT2D eigenvalue weighted by Gasteiger charge is -2.13. The highest BCUT2D eigenvalue weighted by Gasteiger charge is 2.05. The summed E-state index contributed by atoms with van der Waals surface area (Å²) in [7, 11) is 0. The summed E-state index contributed by atoms with van der Waals surface area (Å²) >= 11 is 0. The molecule has 0 spiro atoms. The molecule has 0 N–H and O–H groups in total. The molecule has 0 heteroatoms. The van der Waals surface area contributed by atoms with E-state index in [1.165, 1.54) is 31.3 Å². The Morgan fingerprint density at radius 2 is 1.69 bits per heavy atom. The van der Waals surface area contributed by atoms with Crippen LogP contribution in [0.1, 0.15) is 66.7 Å². The van der Waals surface area contributed by atoms with Crippen LogP contribution in [0.25, 0.3) is 0 Å². The first-order chi connectivity index (χ1) is 6.24. The van der Waals surface area contributed by atoms with Gasteiger partial charge >= 0.3 is 0 Å². The summed E-state index contributed by atoms with van der Waals surface area (Å²) in [5, 5.41) is 0. The van der Waals surface area contributed by atoms with E-state index < -0.39 is 0 Å². The van der Waals surface area contributed by atoms with Crippen LogP contribution in [-0.2, 0) is 0 Å². The molecule has 0 radical (unpaired) electrons. The molecule has 0 aromatic heterocycles. The molecule has 1 unspecified atom stereocenters. The number of hydrogen-bond acceptors (Lipinski definition) is 0. The van der Waals surface area contributed by atoms with Crippen LogP contribution in [0.5, 0.6) is 0 Å². The predicted octanol–water partition coefficient (Wildman–Crippen LogP) is 5.20. The summed E-state index contributed by atoms with van der Waals surface area (Å²) in [4.78, 5) is 0. The molecule has 0 aliphatic rings. The van der Waals surface area contributed by atoms with E-state index in [1.54, 1.807) is 0 Å². The third kappa shape index (κ3) is 9.66. The molecule has 0 saturated carbocycles. The highest BCUT2D eigenvalue weighted by molar-refractivity contribution is 4.94. The van der Waals surface area contributed by atoms with Gasteiger partial charge in [0.15, 0.2) is 0 Å². The molecule has 0 aliphatic carbocycles. The van der Waals surface area contributed by atoms with E-state index in [0.717, 1.165) is 12.3 Å². The molecule has 0 rings (SSSR count). The molecule has 0 aromatic rings. The van der Waals surface area contributed by atoms with Crippen LogP contribution in [0.15, 0.2) is 12.2 Å². The summed E-state index contributed by atoms with van der Waals surface area (Å²) < 4.78 is 0. The van der Waals surface area contributed by atoms with Gasteiger partial charge in [-0.15, -0.1) is 0 Å². The quantitative estimate of drug-likeness (QED) is 0.498. The van der Waals surface area contributed by atoms with Crippen molar-refractivity contribution in [3.05, 3.63) is 12.2 Å². The number of rotatable bonds is 6. The smallest absolute Gasteiger partial charge is 0.0295 e. The van der Waals surface area contributed by atoms with Crippen LogP contribution < -0.4 is 0 Å². The topological polar surface area (TPSA) is 0 Å². The van der Waals surface area contributed by atoms with Crippen molar-refractivity contribution in [1.29, 1.82) is 0 Å². The highest BCUT2D eigenvalue weighted by atomic mass is 14.1. The second kappa shape index (κ2) is 11.7. The van der Waals surface area contributed by atoms with Gasteiger partial charge in [0, 0.05) is 0 Å². The van der Waals surface area contributed by atoms with E-state index in [0.29, 0.717) is 0 Å². The molecule has 0 bridgehead atoms. The van der Waals surface area contributed by atoms with Gasteiger partial charge in [-0.3, -0.25) is 0 Å². The molecule has 0 amide bonds. The van der Waals surface area contributed by atoms with Crippen LogP contribution in [0.3, 0.4) is 0 Å². The number of hydrogen-bond donors (Lipinski definition) is 0. The van der Waals surface area contributed by atoms with Gasteiger partial charge in [-0.05, 0) is 18.8 Å². The SMILES string of the molecule is C=C(CC)CC(CC)CCC.CC.